The zero-order chi connectivity index (χ0) is 17.8. The maximum atomic E-state index is 12.1. The van der Waals surface area contributed by atoms with Gasteiger partial charge < -0.3 is 15.2 Å². The van der Waals surface area contributed by atoms with Gasteiger partial charge in [0, 0.05) is 43.9 Å². The van der Waals surface area contributed by atoms with Gasteiger partial charge in [0.15, 0.2) is 0 Å². The van der Waals surface area contributed by atoms with Crippen molar-refractivity contribution in [1.82, 2.24) is 35.5 Å². The van der Waals surface area contributed by atoms with E-state index in [0.717, 1.165) is 36.6 Å². The van der Waals surface area contributed by atoms with Gasteiger partial charge in [-0.05, 0) is 18.2 Å². The molecule has 3 aromatic heterocycles. The molecule has 0 fully saturated rings. The lowest BCUT2D eigenvalue weighted by molar-refractivity contribution is -0.121. The molecule has 0 bridgehead atoms. The van der Waals surface area contributed by atoms with Gasteiger partial charge in [-0.1, -0.05) is 5.16 Å². The van der Waals surface area contributed by atoms with Gasteiger partial charge in [0.25, 0.3) is 0 Å². The van der Waals surface area contributed by atoms with Crippen molar-refractivity contribution in [3.05, 3.63) is 47.9 Å². The minimum atomic E-state index is -0.0739. The third-order valence-corrected chi connectivity index (χ3v) is 4.14. The number of halogens is 1. The second-order valence-corrected chi connectivity index (χ2v) is 6.06. The summed E-state index contributed by atoms with van der Waals surface area (Å²) in [5.74, 6) is 0.837. The molecular weight excluding hydrogens is 370 g/mol. The molecule has 1 amide bonds. The number of fused-ring (bicyclic) bond motifs is 1. The van der Waals surface area contributed by atoms with Gasteiger partial charge in [-0.2, -0.15) is 10.1 Å². The summed E-state index contributed by atoms with van der Waals surface area (Å²) < 4.78 is 7.18. The smallest absolute Gasteiger partial charge is 0.227 e. The van der Waals surface area contributed by atoms with Crippen molar-refractivity contribution in [2.45, 2.75) is 32.5 Å². The quantitative estimate of drug-likeness (QED) is 0.649. The number of rotatable bonds is 6. The molecule has 0 radical (unpaired) electrons. The summed E-state index contributed by atoms with van der Waals surface area (Å²) in [7, 11) is 0. The summed E-state index contributed by atoms with van der Waals surface area (Å²) in [6, 6.07) is 5.68. The lowest BCUT2D eigenvalue weighted by Gasteiger charge is -2.13. The van der Waals surface area contributed by atoms with Crippen LogP contribution in [0, 0.1) is 0 Å². The van der Waals surface area contributed by atoms with E-state index in [9.17, 15) is 4.79 Å². The predicted octanol–water partition coefficient (Wildman–Crippen LogP) is 1.10. The number of aromatic nitrogens is 5. The van der Waals surface area contributed by atoms with E-state index in [1.165, 1.54) is 0 Å². The summed E-state index contributed by atoms with van der Waals surface area (Å²) in [5.41, 5.74) is 2.80. The van der Waals surface area contributed by atoms with Crippen LogP contribution in [0.1, 0.15) is 23.7 Å². The van der Waals surface area contributed by atoms with Crippen LogP contribution in [0.4, 0.5) is 0 Å². The van der Waals surface area contributed by atoms with E-state index in [-0.39, 0.29) is 24.7 Å². The summed E-state index contributed by atoms with van der Waals surface area (Å²) in [4.78, 5) is 20.4. The number of aryl methyl sites for hydroxylation is 1. The average molecular weight is 390 g/mol. The summed E-state index contributed by atoms with van der Waals surface area (Å²) >= 11 is 0. The van der Waals surface area contributed by atoms with Gasteiger partial charge in [-0.15, -0.1) is 12.4 Å². The summed E-state index contributed by atoms with van der Waals surface area (Å²) in [6.45, 7) is 3.02. The van der Waals surface area contributed by atoms with Crippen molar-refractivity contribution in [3.8, 4) is 11.4 Å². The Labute approximate surface area is 162 Å². The fourth-order valence-electron chi connectivity index (χ4n) is 2.81. The molecule has 1 aliphatic heterocycles. The maximum absolute atomic E-state index is 12.1. The molecular formula is C17H20ClN7O2. The van der Waals surface area contributed by atoms with E-state index in [4.69, 9.17) is 4.52 Å². The topological polar surface area (TPSA) is 111 Å². The highest BCUT2D eigenvalue weighted by atomic mass is 35.5. The molecule has 142 valence electrons. The third-order valence-electron chi connectivity index (χ3n) is 4.14. The first-order valence-electron chi connectivity index (χ1n) is 8.54. The molecule has 0 unspecified atom stereocenters. The van der Waals surface area contributed by atoms with Crippen LogP contribution in [0.15, 0.2) is 35.1 Å². The van der Waals surface area contributed by atoms with Crippen LogP contribution in [0.25, 0.3) is 11.4 Å². The van der Waals surface area contributed by atoms with Crippen LogP contribution in [0.5, 0.6) is 0 Å². The van der Waals surface area contributed by atoms with E-state index >= 15 is 0 Å². The van der Waals surface area contributed by atoms with E-state index in [2.05, 4.69) is 30.9 Å². The molecule has 10 heteroatoms. The van der Waals surface area contributed by atoms with E-state index in [1.807, 2.05) is 22.9 Å². The van der Waals surface area contributed by atoms with Crippen molar-refractivity contribution in [1.29, 1.82) is 0 Å². The SMILES string of the molecule is Cl.O=C(CCc1nc(-c2cccnc2)no1)NCc1cc2n(n1)CCNC2. The Hall–Kier alpha value is -2.78. The summed E-state index contributed by atoms with van der Waals surface area (Å²) in [5, 5.41) is 14.6. The normalized spacial score (nSPS) is 12.9. The molecule has 0 atom stereocenters. The van der Waals surface area contributed by atoms with Gasteiger partial charge in [-0.3, -0.25) is 14.5 Å². The Morgan fingerprint density at radius 1 is 1.41 bits per heavy atom. The van der Waals surface area contributed by atoms with Crippen LogP contribution in [0.2, 0.25) is 0 Å². The highest BCUT2D eigenvalue weighted by Crippen LogP contribution is 2.14. The van der Waals surface area contributed by atoms with Crippen LogP contribution >= 0.6 is 12.4 Å². The fourth-order valence-corrected chi connectivity index (χ4v) is 2.81. The molecule has 3 aromatic rings. The molecule has 0 spiro atoms. The van der Waals surface area contributed by atoms with Crippen LogP contribution in [0.3, 0.4) is 0 Å². The van der Waals surface area contributed by atoms with Crippen LogP contribution in [-0.4, -0.2) is 37.4 Å². The molecule has 0 aromatic carbocycles. The van der Waals surface area contributed by atoms with Gasteiger partial charge in [0.1, 0.15) is 0 Å². The molecule has 1 aliphatic rings. The van der Waals surface area contributed by atoms with Gasteiger partial charge in [0.2, 0.25) is 17.6 Å². The number of pyridine rings is 1. The molecule has 2 N–H and O–H groups in total. The molecule has 9 nitrogen and oxygen atoms in total. The number of hydrogen-bond donors (Lipinski definition) is 2. The first kappa shape index (κ1) is 19.0. The average Bonchev–Trinajstić information content (AvgIpc) is 3.32. The first-order valence-corrected chi connectivity index (χ1v) is 8.54. The van der Waals surface area contributed by atoms with Crippen molar-refractivity contribution in [2.24, 2.45) is 0 Å². The molecule has 0 saturated carbocycles. The Morgan fingerprint density at radius 2 is 2.33 bits per heavy atom. The minimum absolute atomic E-state index is 0. The lowest BCUT2D eigenvalue weighted by atomic mass is 10.2. The summed E-state index contributed by atoms with van der Waals surface area (Å²) in [6.07, 6.45) is 4.02. The van der Waals surface area contributed by atoms with E-state index < -0.39 is 0 Å². The molecule has 4 heterocycles. The Morgan fingerprint density at radius 3 is 3.15 bits per heavy atom. The Kier molecular flexibility index (Phi) is 6.15. The van der Waals surface area contributed by atoms with Crippen molar-refractivity contribution in [3.63, 3.8) is 0 Å². The predicted molar refractivity (Wildman–Crippen MR) is 98.9 cm³/mol. The number of hydrogen-bond acceptors (Lipinski definition) is 7. The lowest BCUT2D eigenvalue weighted by Crippen LogP contribution is -2.28. The number of amides is 1. The van der Waals surface area contributed by atoms with E-state index in [1.54, 1.807) is 12.4 Å². The minimum Gasteiger partial charge on any atom is -0.350 e. The second-order valence-electron chi connectivity index (χ2n) is 6.06. The van der Waals surface area contributed by atoms with E-state index in [0.29, 0.717) is 24.7 Å². The number of nitrogens with zero attached hydrogens (tertiary/aromatic N) is 5. The zero-order valence-electron chi connectivity index (χ0n) is 14.6. The third kappa shape index (κ3) is 4.69. The Bertz CT molecular complexity index is 870. The van der Waals surface area contributed by atoms with Crippen LogP contribution < -0.4 is 10.6 Å². The maximum Gasteiger partial charge on any atom is 0.227 e. The first-order chi connectivity index (χ1) is 12.8. The van der Waals surface area contributed by atoms with Crippen molar-refractivity contribution >= 4 is 18.3 Å². The Balaban J connectivity index is 0.00000210. The van der Waals surface area contributed by atoms with Crippen LogP contribution in [-0.2, 0) is 30.8 Å². The monoisotopic (exact) mass is 389 g/mol. The largest absolute Gasteiger partial charge is 0.350 e. The molecule has 27 heavy (non-hydrogen) atoms. The van der Waals surface area contributed by atoms with Crippen molar-refractivity contribution in [2.75, 3.05) is 6.54 Å². The molecule has 0 saturated heterocycles. The molecule has 0 aliphatic carbocycles. The highest BCUT2D eigenvalue weighted by Gasteiger charge is 2.13. The number of carbonyl (C=O) groups excluding carboxylic acids is 1. The number of nitrogens with one attached hydrogen (secondary N) is 2. The van der Waals surface area contributed by atoms with Gasteiger partial charge >= 0.3 is 0 Å². The van der Waals surface area contributed by atoms with Gasteiger partial charge in [-0.25, -0.2) is 0 Å². The zero-order valence-corrected chi connectivity index (χ0v) is 15.4. The van der Waals surface area contributed by atoms with Gasteiger partial charge in [0.05, 0.1) is 24.5 Å². The van der Waals surface area contributed by atoms with Crippen molar-refractivity contribution < 1.29 is 9.32 Å². The fraction of sp³-hybridized carbons (Fsp3) is 0.353. The number of carbonyl (C=O) groups is 1. The molecule has 4 rings (SSSR count). The second kappa shape index (κ2) is 8.74. The highest BCUT2D eigenvalue weighted by molar-refractivity contribution is 5.85. The standard InChI is InChI=1S/C17H19N7O2.ClH/c25-15(20-10-13-8-14-11-19-6-7-24(14)22-13)3-4-16-21-17(23-26-16)12-2-1-5-18-9-12;/h1-2,5,8-9,19H,3-4,6-7,10-11H2,(H,20,25);1H.